The highest BCUT2D eigenvalue weighted by Crippen LogP contribution is 2.27. The second-order valence-electron chi connectivity index (χ2n) is 4.29. The summed E-state index contributed by atoms with van der Waals surface area (Å²) in [5.74, 6) is 0. The van der Waals surface area contributed by atoms with E-state index in [0.29, 0.717) is 12.0 Å². The van der Waals surface area contributed by atoms with E-state index in [1.54, 1.807) is 6.92 Å². The van der Waals surface area contributed by atoms with Crippen LogP contribution in [0.4, 0.5) is 0 Å². The van der Waals surface area contributed by atoms with E-state index in [9.17, 15) is 14.7 Å². The lowest BCUT2D eigenvalue weighted by atomic mass is 10.2. The highest BCUT2D eigenvalue weighted by molar-refractivity contribution is 5.04. The fourth-order valence-electron chi connectivity index (χ4n) is 2.04. The molecule has 1 aliphatic heterocycles. The number of nitrogens with zero attached hydrogens (tertiary/aromatic N) is 1. The average molecular weight is 256 g/mol. The minimum absolute atomic E-state index is 0.209. The van der Waals surface area contributed by atoms with Gasteiger partial charge in [0.2, 0.25) is 0 Å². The summed E-state index contributed by atoms with van der Waals surface area (Å²) in [5.41, 5.74) is -0.510. The molecule has 3 atom stereocenters. The molecule has 1 aromatic heterocycles. The first-order valence-electron chi connectivity index (χ1n) is 5.85. The second kappa shape index (κ2) is 5.05. The van der Waals surface area contributed by atoms with Gasteiger partial charge in [-0.15, -0.1) is 0 Å². The summed E-state index contributed by atoms with van der Waals surface area (Å²) in [4.78, 5) is 25.3. The molecule has 7 nitrogen and oxygen atoms in total. The smallest absolute Gasteiger partial charge is 0.330 e. The van der Waals surface area contributed by atoms with Crippen molar-refractivity contribution < 1.29 is 14.9 Å². The number of aromatic amines is 1. The van der Waals surface area contributed by atoms with Crippen molar-refractivity contribution in [1.29, 1.82) is 0 Å². The van der Waals surface area contributed by atoms with Gasteiger partial charge < -0.3 is 14.9 Å². The molecule has 100 valence electrons. The third kappa shape index (κ3) is 2.24. The van der Waals surface area contributed by atoms with Crippen molar-refractivity contribution in [3.05, 3.63) is 32.6 Å². The lowest BCUT2D eigenvalue weighted by Gasteiger charge is -2.14. The molecule has 1 aromatic rings. The molecule has 0 saturated carbocycles. The van der Waals surface area contributed by atoms with Crippen LogP contribution in [0.3, 0.4) is 0 Å². The van der Waals surface area contributed by atoms with E-state index in [0.717, 1.165) is 0 Å². The minimum atomic E-state index is -0.816. The molecule has 0 aromatic carbocycles. The van der Waals surface area contributed by atoms with Gasteiger partial charge in [-0.2, -0.15) is 0 Å². The molecule has 3 N–H and O–H groups in total. The number of hydrogen-bond acceptors (Lipinski definition) is 5. The Balaban J connectivity index is 2.35. The van der Waals surface area contributed by atoms with Crippen molar-refractivity contribution in [3.63, 3.8) is 0 Å². The number of H-pyrrole nitrogens is 1. The molecular weight excluding hydrogens is 240 g/mol. The van der Waals surface area contributed by atoms with Gasteiger partial charge in [-0.25, -0.2) is 4.79 Å². The molecular formula is C11H16N2O5. The molecule has 0 bridgehead atoms. The van der Waals surface area contributed by atoms with E-state index in [1.807, 2.05) is 0 Å². The van der Waals surface area contributed by atoms with Gasteiger partial charge in [-0.3, -0.25) is 14.3 Å². The Morgan fingerprint density at radius 2 is 2.28 bits per heavy atom. The zero-order valence-corrected chi connectivity index (χ0v) is 10.00. The SMILES string of the molecule is CCc1cn([C@@H]2C[C@H](O)[C@@H](CO)O2)c(=O)[nH]c1=O. The van der Waals surface area contributed by atoms with E-state index in [2.05, 4.69) is 4.98 Å². The number of ether oxygens (including phenoxy) is 1. The first-order chi connectivity index (χ1) is 8.56. The van der Waals surface area contributed by atoms with Crippen LogP contribution >= 0.6 is 0 Å². The third-order valence-corrected chi connectivity index (χ3v) is 3.12. The van der Waals surface area contributed by atoms with Crippen LogP contribution in [-0.2, 0) is 11.2 Å². The maximum absolute atomic E-state index is 11.7. The first-order valence-corrected chi connectivity index (χ1v) is 5.85. The van der Waals surface area contributed by atoms with Crippen LogP contribution in [0.1, 0.15) is 25.1 Å². The molecule has 7 heteroatoms. The summed E-state index contributed by atoms with van der Waals surface area (Å²) in [6, 6.07) is 0. The number of aliphatic hydroxyl groups is 2. The van der Waals surface area contributed by atoms with Gasteiger partial charge in [0.05, 0.1) is 12.7 Å². The molecule has 1 fully saturated rings. The highest BCUT2D eigenvalue weighted by Gasteiger charge is 2.35. The van der Waals surface area contributed by atoms with Crippen LogP contribution in [0.25, 0.3) is 0 Å². The van der Waals surface area contributed by atoms with Gasteiger partial charge in [0.25, 0.3) is 5.56 Å². The van der Waals surface area contributed by atoms with E-state index < -0.39 is 29.7 Å². The molecule has 0 aliphatic carbocycles. The number of nitrogens with one attached hydrogen (secondary N) is 1. The Kier molecular flexibility index (Phi) is 3.65. The summed E-state index contributed by atoms with van der Waals surface area (Å²) in [7, 11) is 0. The predicted molar refractivity (Wildman–Crippen MR) is 62.3 cm³/mol. The summed E-state index contributed by atoms with van der Waals surface area (Å²) < 4.78 is 6.62. The molecule has 2 rings (SSSR count). The van der Waals surface area contributed by atoms with Crippen LogP contribution in [0, 0.1) is 0 Å². The molecule has 1 saturated heterocycles. The van der Waals surface area contributed by atoms with Gasteiger partial charge in [0, 0.05) is 18.2 Å². The molecule has 0 radical (unpaired) electrons. The summed E-state index contributed by atoms with van der Waals surface area (Å²) in [6.07, 6.45) is -0.0259. The van der Waals surface area contributed by atoms with Crippen LogP contribution in [0.2, 0.25) is 0 Å². The second-order valence-corrected chi connectivity index (χ2v) is 4.29. The Hall–Kier alpha value is -1.44. The van der Waals surface area contributed by atoms with Crippen molar-refractivity contribution in [2.24, 2.45) is 0 Å². The fraction of sp³-hybridized carbons (Fsp3) is 0.636. The van der Waals surface area contributed by atoms with E-state index in [4.69, 9.17) is 9.84 Å². The molecule has 0 unspecified atom stereocenters. The summed E-state index contributed by atoms with van der Waals surface area (Å²) in [6.45, 7) is 1.50. The lowest BCUT2D eigenvalue weighted by molar-refractivity contribution is -0.0459. The van der Waals surface area contributed by atoms with Crippen LogP contribution in [0.15, 0.2) is 15.8 Å². The van der Waals surface area contributed by atoms with Crippen molar-refractivity contribution in [1.82, 2.24) is 9.55 Å². The van der Waals surface area contributed by atoms with Crippen LogP contribution in [0.5, 0.6) is 0 Å². The zero-order valence-electron chi connectivity index (χ0n) is 10.00. The van der Waals surface area contributed by atoms with E-state index >= 15 is 0 Å². The number of aromatic nitrogens is 2. The topological polar surface area (TPSA) is 105 Å². The van der Waals surface area contributed by atoms with Gasteiger partial charge in [-0.05, 0) is 6.42 Å². The normalized spacial score (nSPS) is 27.6. The fourth-order valence-corrected chi connectivity index (χ4v) is 2.04. The lowest BCUT2D eigenvalue weighted by Crippen LogP contribution is -2.34. The molecule has 0 amide bonds. The highest BCUT2D eigenvalue weighted by atomic mass is 16.5. The molecule has 0 spiro atoms. The third-order valence-electron chi connectivity index (χ3n) is 3.12. The van der Waals surface area contributed by atoms with Crippen LogP contribution < -0.4 is 11.2 Å². The quantitative estimate of drug-likeness (QED) is 0.626. The number of hydrogen-bond donors (Lipinski definition) is 3. The summed E-state index contributed by atoms with van der Waals surface area (Å²) in [5, 5.41) is 18.6. The monoisotopic (exact) mass is 256 g/mol. The maximum Gasteiger partial charge on any atom is 0.330 e. The number of rotatable bonds is 3. The first kappa shape index (κ1) is 13.0. The minimum Gasteiger partial charge on any atom is -0.394 e. The Morgan fingerprint density at radius 3 is 2.83 bits per heavy atom. The Morgan fingerprint density at radius 1 is 1.56 bits per heavy atom. The largest absolute Gasteiger partial charge is 0.394 e. The molecule has 2 heterocycles. The van der Waals surface area contributed by atoms with Crippen molar-refractivity contribution in [2.75, 3.05) is 6.61 Å². The molecule has 18 heavy (non-hydrogen) atoms. The standard InChI is InChI=1S/C11H16N2O5/c1-2-6-4-13(11(17)12-10(6)16)9-3-7(15)8(5-14)18-9/h4,7-9,14-15H,2-3,5H2,1H3,(H,12,16,17)/t7-,8+,9-/m0/s1. The van der Waals surface area contributed by atoms with Crippen molar-refractivity contribution >= 4 is 0 Å². The van der Waals surface area contributed by atoms with E-state index in [1.165, 1.54) is 10.8 Å². The average Bonchev–Trinajstić information content (AvgIpc) is 2.70. The van der Waals surface area contributed by atoms with Crippen molar-refractivity contribution in [2.45, 2.75) is 38.2 Å². The Labute approximate surface area is 103 Å². The number of aryl methyl sites for hydroxylation is 1. The predicted octanol–water partition coefficient (Wildman–Crippen LogP) is -1.26. The van der Waals surface area contributed by atoms with E-state index in [-0.39, 0.29) is 13.0 Å². The van der Waals surface area contributed by atoms with Gasteiger partial charge in [0.1, 0.15) is 12.3 Å². The van der Waals surface area contributed by atoms with Gasteiger partial charge >= 0.3 is 5.69 Å². The van der Waals surface area contributed by atoms with Gasteiger partial charge in [0.15, 0.2) is 0 Å². The van der Waals surface area contributed by atoms with Crippen molar-refractivity contribution in [3.8, 4) is 0 Å². The van der Waals surface area contributed by atoms with Crippen LogP contribution in [-0.4, -0.2) is 38.6 Å². The maximum atomic E-state index is 11.7. The zero-order chi connectivity index (χ0) is 13.3. The molecule has 1 aliphatic rings. The summed E-state index contributed by atoms with van der Waals surface area (Å²) >= 11 is 0. The van der Waals surface area contributed by atoms with Gasteiger partial charge in [-0.1, -0.05) is 6.92 Å². The number of aliphatic hydroxyl groups excluding tert-OH is 2. The Bertz CT molecular complexity index is 535.